The maximum Gasteiger partial charge on any atom is 0.416 e. The van der Waals surface area contributed by atoms with Crippen molar-refractivity contribution >= 4 is 27.1 Å². The molecule has 0 bridgehead atoms. The minimum atomic E-state index is -4.40. The van der Waals surface area contributed by atoms with Crippen molar-refractivity contribution in [1.82, 2.24) is 15.0 Å². The van der Waals surface area contributed by atoms with Crippen molar-refractivity contribution in [1.29, 1.82) is 0 Å². The van der Waals surface area contributed by atoms with Gasteiger partial charge in [-0.15, -0.1) is 11.3 Å². The van der Waals surface area contributed by atoms with E-state index in [1.807, 2.05) is 0 Å². The second kappa shape index (κ2) is 8.04. The second-order valence-corrected chi connectivity index (χ2v) is 10.1. The number of rotatable bonds is 5. The molecule has 1 saturated heterocycles. The van der Waals surface area contributed by atoms with Crippen LogP contribution in [0.4, 0.5) is 13.2 Å². The Bertz CT molecular complexity index is 986. The molecule has 1 unspecified atom stereocenters. The number of carbonyl (C=O) groups excluding carboxylic acids is 1. The van der Waals surface area contributed by atoms with E-state index in [4.69, 9.17) is 0 Å². The first-order valence-corrected chi connectivity index (χ1v) is 11.5. The molecule has 1 aromatic heterocycles. The van der Waals surface area contributed by atoms with Gasteiger partial charge in [-0.2, -0.15) is 13.2 Å². The normalized spacial score (nSPS) is 18.9. The van der Waals surface area contributed by atoms with Gasteiger partial charge in [-0.1, -0.05) is 12.1 Å². The fourth-order valence-electron chi connectivity index (χ4n) is 3.28. The number of hydrazine groups is 1. The highest BCUT2D eigenvalue weighted by Crippen LogP contribution is 2.32. The third-order valence-corrected chi connectivity index (χ3v) is 7.27. The Morgan fingerprint density at radius 2 is 1.90 bits per heavy atom. The summed E-state index contributed by atoms with van der Waals surface area (Å²) in [6.07, 6.45) is -4.03. The lowest BCUT2D eigenvalue weighted by Crippen LogP contribution is -2.50. The Kier molecular flexibility index (Phi) is 6.02. The monoisotopic (exact) mass is 447 g/mol. The molecule has 6 nitrogen and oxygen atoms in total. The highest BCUT2D eigenvalue weighted by Gasteiger charge is 2.36. The van der Waals surface area contributed by atoms with Gasteiger partial charge in [0.05, 0.1) is 35.2 Å². The lowest BCUT2D eigenvalue weighted by molar-refractivity contribution is -0.148. The van der Waals surface area contributed by atoms with Crippen LogP contribution in [0, 0.1) is 0 Å². The minimum absolute atomic E-state index is 0.0220. The van der Waals surface area contributed by atoms with E-state index in [9.17, 15) is 26.4 Å². The summed E-state index contributed by atoms with van der Waals surface area (Å²) in [6, 6.07) is 4.28. The zero-order valence-electron chi connectivity index (χ0n) is 15.8. The lowest BCUT2D eigenvalue weighted by atomic mass is 10.1. The first-order valence-electron chi connectivity index (χ1n) is 8.78. The molecular weight excluding hydrogens is 427 g/mol. The predicted octanol–water partition coefficient (Wildman–Crippen LogP) is 2.86. The van der Waals surface area contributed by atoms with Crippen LogP contribution in [0.25, 0.3) is 10.6 Å². The quantitative estimate of drug-likeness (QED) is 0.660. The Labute approximate surface area is 170 Å². The molecule has 0 aliphatic carbocycles. The van der Waals surface area contributed by atoms with Crippen LogP contribution in [0.3, 0.4) is 0 Å². The van der Waals surface area contributed by atoms with E-state index < -0.39 is 27.6 Å². The number of sulfone groups is 1. The summed E-state index contributed by atoms with van der Waals surface area (Å²) >= 11 is 1.24. The van der Waals surface area contributed by atoms with Crippen LogP contribution in [-0.2, 0) is 27.2 Å². The van der Waals surface area contributed by atoms with Crippen molar-refractivity contribution in [2.75, 3.05) is 25.6 Å². The number of benzene rings is 1. The van der Waals surface area contributed by atoms with E-state index in [2.05, 4.69) is 4.98 Å². The first-order chi connectivity index (χ1) is 13.5. The van der Waals surface area contributed by atoms with Gasteiger partial charge in [0.25, 0.3) is 0 Å². The number of halogens is 3. The number of alkyl halides is 3. The summed E-state index contributed by atoms with van der Waals surface area (Å²) in [5.74, 6) is -0.282. The first kappa shape index (κ1) is 21.7. The van der Waals surface area contributed by atoms with E-state index in [-0.39, 0.29) is 23.8 Å². The summed E-state index contributed by atoms with van der Waals surface area (Å²) in [4.78, 5) is 17.1. The number of amides is 1. The summed E-state index contributed by atoms with van der Waals surface area (Å²) in [5, 5.41) is 5.23. The lowest BCUT2D eigenvalue weighted by Gasteiger charge is -2.33. The van der Waals surface area contributed by atoms with Crippen LogP contribution in [0.5, 0.6) is 0 Å². The predicted molar refractivity (Wildman–Crippen MR) is 104 cm³/mol. The van der Waals surface area contributed by atoms with Crippen molar-refractivity contribution in [3.63, 3.8) is 0 Å². The van der Waals surface area contributed by atoms with Crippen LogP contribution in [0.1, 0.15) is 17.7 Å². The summed E-state index contributed by atoms with van der Waals surface area (Å²) < 4.78 is 61.6. The highest BCUT2D eigenvalue weighted by atomic mass is 32.2. The van der Waals surface area contributed by atoms with Gasteiger partial charge in [0.15, 0.2) is 9.84 Å². The number of aromatic nitrogens is 1. The van der Waals surface area contributed by atoms with Gasteiger partial charge in [-0.25, -0.2) is 18.4 Å². The van der Waals surface area contributed by atoms with Gasteiger partial charge in [-0.05, 0) is 18.6 Å². The average Bonchev–Trinajstić information content (AvgIpc) is 3.20. The van der Waals surface area contributed by atoms with Crippen LogP contribution >= 0.6 is 11.3 Å². The molecule has 3 rings (SSSR count). The average molecular weight is 448 g/mol. The molecule has 1 atom stereocenters. The smallest absolute Gasteiger partial charge is 0.273 e. The molecule has 0 saturated carbocycles. The molecule has 1 aliphatic rings. The van der Waals surface area contributed by atoms with Gasteiger partial charge in [-0.3, -0.25) is 9.80 Å². The van der Waals surface area contributed by atoms with Crippen molar-refractivity contribution in [2.24, 2.45) is 0 Å². The Morgan fingerprint density at radius 1 is 1.24 bits per heavy atom. The second-order valence-electron chi connectivity index (χ2n) is 7.04. The van der Waals surface area contributed by atoms with Crippen LogP contribution in [0.2, 0.25) is 0 Å². The Morgan fingerprint density at radius 3 is 2.41 bits per heavy atom. The molecule has 1 amide bonds. The standard InChI is InChI=1S/C18H20F3N3O3S2/c1-23(2)24(15-7-8-29(26,27)11-15)16(25)9-14-10-28-17(22-14)12-3-5-13(6-4-12)18(19,20)21/h3-6,10,15H,7-9,11H2,1-2H3. The highest BCUT2D eigenvalue weighted by molar-refractivity contribution is 7.91. The largest absolute Gasteiger partial charge is 0.416 e. The van der Waals surface area contributed by atoms with Crippen molar-refractivity contribution in [2.45, 2.75) is 25.1 Å². The van der Waals surface area contributed by atoms with Crippen LogP contribution in [0.15, 0.2) is 29.6 Å². The number of hydrogen-bond acceptors (Lipinski definition) is 6. The molecule has 1 aromatic carbocycles. The van der Waals surface area contributed by atoms with Gasteiger partial charge < -0.3 is 0 Å². The molecule has 158 valence electrons. The summed E-state index contributed by atoms with van der Waals surface area (Å²) in [5.41, 5.74) is 0.289. The third-order valence-electron chi connectivity index (χ3n) is 4.58. The number of thiazole rings is 1. The maximum absolute atomic E-state index is 12.8. The zero-order valence-corrected chi connectivity index (χ0v) is 17.4. The van der Waals surface area contributed by atoms with Crippen molar-refractivity contribution in [3.8, 4) is 10.6 Å². The molecule has 11 heteroatoms. The number of hydrogen-bond donors (Lipinski definition) is 0. The van der Waals surface area contributed by atoms with Gasteiger partial charge in [0, 0.05) is 25.0 Å². The third kappa shape index (κ3) is 5.14. The Hall–Kier alpha value is -1.98. The topological polar surface area (TPSA) is 70.6 Å². The van der Waals surface area contributed by atoms with E-state index in [0.717, 1.165) is 12.1 Å². The SMILES string of the molecule is CN(C)N(C(=O)Cc1csc(-c2ccc(C(F)(F)F)cc2)n1)C1CCS(=O)(=O)C1. The summed E-state index contributed by atoms with van der Waals surface area (Å²) in [6.45, 7) is 0. The molecule has 0 spiro atoms. The van der Waals surface area contributed by atoms with Gasteiger partial charge in [0.1, 0.15) is 5.01 Å². The minimum Gasteiger partial charge on any atom is -0.273 e. The molecule has 1 aliphatic heterocycles. The molecule has 29 heavy (non-hydrogen) atoms. The van der Waals surface area contributed by atoms with E-state index >= 15 is 0 Å². The van der Waals surface area contributed by atoms with E-state index in [0.29, 0.717) is 22.7 Å². The van der Waals surface area contributed by atoms with Crippen molar-refractivity contribution in [3.05, 3.63) is 40.9 Å². The van der Waals surface area contributed by atoms with Gasteiger partial charge >= 0.3 is 6.18 Å². The maximum atomic E-state index is 12.8. The summed E-state index contributed by atoms with van der Waals surface area (Å²) in [7, 11) is 0.216. The van der Waals surface area contributed by atoms with Crippen molar-refractivity contribution < 1.29 is 26.4 Å². The van der Waals surface area contributed by atoms with E-state index in [1.54, 1.807) is 24.5 Å². The van der Waals surface area contributed by atoms with Crippen LogP contribution in [-0.4, -0.2) is 61.0 Å². The fourth-order valence-corrected chi connectivity index (χ4v) is 5.80. The molecule has 0 radical (unpaired) electrons. The molecule has 2 aromatic rings. The number of carbonyl (C=O) groups is 1. The van der Waals surface area contributed by atoms with Crippen LogP contribution < -0.4 is 0 Å². The molecule has 1 fully saturated rings. The van der Waals surface area contributed by atoms with E-state index in [1.165, 1.54) is 28.5 Å². The molecular formula is C18H20F3N3O3S2. The van der Waals surface area contributed by atoms with Gasteiger partial charge in [0.2, 0.25) is 5.91 Å². The molecule has 2 heterocycles. The zero-order chi connectivity index (χ0) is 21.4. The molecule has 0 N–H and O–H groups in total. The fraction of sp³-hybridized carbons (Fsp3) is 0.444. The number of nitrogens with zero attached hydrogens (tertiary/aromatic N) is 3. The Balaban J connectivity index is 1.72.